The van der Waals surface area contributed by atoms with Gasteiger partial charge in [0.2, 0.25) is 5.95 Å². The first-order valence-electron chi connectivity index (χ1n) is 15.4. The highest BCUT2D eigenvalue weighted by molar-refractivity contribution is 5.77. The van der Waals surface area contributed by atoms with Gasteiger partial charge in [0, 0.05) is 37.8 Å². The summed E-state index contributed by atoms with van der Waals surface area (Å²) in [7, 11) is 3.89. The third-order valence-electron chi connectivity index (χ3n) is 9.82. The number of hydrogen-bond donors (Lipinski definition) is 1. The molecule has 3 fully saturated rings. The molecule has 0 aliphatic carbocycles. The Labute approximate surface area is 257 Å². The Morgan fingerprint density at radius 1 is 1.02 bits per heavy atom. The number of benzene rings is 1. The second-order valence-electron chi connectivity index (χ2n) is 12.5. The van der Waals surface area contributed by atoms with E-state index >= 15 is 0 Å². The Morgan fingerprint density at radius 2 is 1.75 bits per heavy atom. The van der Waals surface area contributed by atoms with E-state index in [0.717, 1.165) is 24.5 Å². The van der Waals surface area contributed by atoms with Crippen LogP contribution in [-0.2, 0) is 21.6 Å². The molecule has 0 radical (unpaired) electrons. The highest BCUT2D eigenvalue weighted by Crippen LogP contribution is 2.42. The molecule has 7 rings (SSSR count). The molecule has 1 spiro atoms. The fraction of sp³-hybridized carbons (Fsp3) is 0.455. The van der Waals surface area contributed by atoms with Gasteiger partial charge in [-0.1, -0.05) is 12.1 Å². The number of piperidine rings is 2. The highest BCUT2D eigenvalue weighted by Gasteiger charge is 2.42. The smallest absolute Gasteiger partial charge is 0.278 e. The van der Waals surface area contributed by atoms with Crippen LogP contribution < -0.4 is 15.8 Å². The number of pyridine rings is 1. The van der Waals surface area contributed by atoms with Gasteiger partial charge in [0.1, 0.15) is 5.39 Å². The second-order valence-corrected chi connectivity index (χ2v) is 12.5. The molecule has 11 heteroatoms. The predicted molar refractivity (Wildman–Crippen MR) is 171 cm³/mol. The van der Waals surface area contributed by atoms with Gasteiger partial charge >= 0.3 is 0 Å². The molecule has 0 amide bonds. The van der Waals surface area contributed by atoms with Crippen LogP contribution in [0.4, 0.5) is 17.3 Å². The molecule has 230 valence electrons. The van der Waals surface area contributed by atoms with Crippen molar-refractivity contribution in [2.24, 2.45) is 5.41 Å². The summed E-state index contributed by atoms with van der Waals surface area (Å²) in [5, 5.41) is 3.74. The van der Waals surface area contributed by atoms with Gasteiger partial charge in [-0.3, -0.25) is 4.79 Å². The average Bonchev–Trinajstić information content (AvgIpc) is 3.30. The zero-order valence-electron chi connectivity index (χ0n) is 25.5. The minimum absolute atomic E-state index is 0.208. The van der Waals surface area contributed by atoms with Crippen LogP contribution in [0.15, 0.2) is 66.1 Å². The maximum Gasteiger partial charge on any atom is 0.278 e. The van der Waals surface area contributed by atoms with Crippen LogP contribution in [0.3, 0.4) is 0 Å². The second kappa shape index (κ2) is 11.5. The number of methoxy groups -OCH3 is 1. The molecule has 0 saturated carbocycles. The molecule has 1 aromatic carbocycles. The molecule has 3 aliphatic rings. The van der Waals surface area contributed by atoms with E-state index < -0.39 is 5.60 Å². The summed E-state index contributed by atoms with van der Waals surface area (Å²) in [6.07, 6.45) is 8.42. The van der Waals surface area contributed by atoms with Crippen LogP contribution in [0.5, 0.6) is 0 Å². The number of nitrogens with one attached hydrogen (secondary N) is 1. The summed E-state index contributed by atoms with van der Waals surface area (Å²) in [4.78, 5) is 32.5. The molecule has 3 aliphatic heterocycles. The number of nitrogens with zero attached hydrogens (tertiary/aromatic N) is 7. The summed E-state index contributed by atoms with van der Waals surface area (Å²) in [6, 6.07) is 14.1. The first-order chi connectivity index (χ1) is 21.4. The number of ether oxygens (including phenoxy) is 2. The van der Waals surface area contributed by atoms with Crippen molar-refractivity contribution < 1.29 is 9.47 Å². The molecule has 44 heavy (non-hydrogen) atoms. The van der Waals surface area contributed by atoms with Crippen LogP contribution >= 0.6 is 0 Å². The molecule has 0 bridgehead atoms. The zero-order valence-corrected chi connectivity index (χ0v) is 25.5. The molecule has 3 saturated heterocycles. The summed E-state index contributed by atoms with van der Waals surface area (Å²) < 4.78 is 14.5. The number of allylic oxidation sites excluding steroid dienone is 1. The molecule has 4 aromatic rings. The minimum Gasteiger partial charge on any atom is -0.374 e. The number of aromatic nitrogens is 5. The molecule has 3 aromatic heterocycles. The van der Waals surface area contributed by atoms with E-state index in [-0.39, 0.29) is 5.56 Å². The number of anilines is 3. The van der Waals surface area contributed by atoms with Gasteiger partial charge in [0.25, 0.3) is 5.56 Å². The van der Waals surface area contributed by atoms with E-state index in [0.29, 0.717) is 48.0 Å². The van der Waals surface area contributed by atoms with Crippen LogP contribution in [0.2, 0.25) is 0 Å². The van der Waals surface area contributed by atoms with Crippen molar-refractivity contribution in [1.29, 1.82) is 0 Å². The van der Waals surface area contributed by atoms with Crippen molar-refractivity contribution in [2.75, 3.05) is 63.8 Å². The maximum atomic E-state index is 13.4. The van der Waals surface area contributed by atoms with Crippen LogP contribution in [0.1, 0.15) is 31.4 Å². The summed E-state index contributed by atoms with van der Waals surface area (Å²) >= 11 is 0. The number of rotatable bonds is 8. The van der Waals surface area contributed by atoms with Gasteiger partial charge in [-0.2, -0.15) is 4.98 Å². The molecule has 1 N–H and O–H groups in total. The van der Waals surface area contributed by atoms with Crippen LogP contribution in [0, 0.1) is 5.41 Å². The SMILES string of the molecule is C=CCn1c(=O)c2cnc(Nc3ccc(N4CCC5(CCN(C)CC5)CC4)cc3)nc2n1-c1cccc(C2(OC)COC2)n1. The Kier molecular flexibility index (Phi) is 7.47. The lowest BCUT2D eigenvalue weighted by molar-refractivity contribution is -0.204. The normalized spacial score (nSPS) is 19.6. The van der Waals surface area contributed by atoms with Gasteiger partial charge in [0.05, 0.1) is 25.5 Å². The summed E-state index contributed by atoms with van der Waals surface area (Å²) in [5.41, 5.74) is 3.04. The molecule has 0 unspecified atom stereocenters. The standard InChI is InChI=1S/C33H40N8O3/c1-4-16-40-30(42)26-21-34-31(37-29(26)41(40)28-7-5-6-27(36-28)33(43-3)22-44-23-33)35-24-8-10-25(11-9-24)39-19-14-32(15-20-39)12-17-38(2)18-13-32/h4-11,21H,1,12-20,22-23H2,2-3H3,(H,34,35,37). The van der Waals surface area contributed by atoms with Gasteiger partial charge in [-0.25, -0.2) is 19.3 Å². The first-order valence-corrected chi connectivity index (χ1v) is 15.4. The average molecular weight is 597 g/mol. The summed E-state index contributed by atoms with van der Waals surface area (Å²) in [5.74, 6) is 0.950. The first kappa shape index (κ1) is 28.7. The van der Waals surface area contributed by atoms with E-state index in [9.17, 15) is 4.79 Å². The summed E-state index contributed by atoms with van der Waals surface area (Å²) in [6.45, 7) is 9.63. The van der Waals surface area contributed by atoms with Gasteiger partial charge < -0.3 is 24.6 Å². The monoisotopic (exact) mass is 596 g/mol. The lowest BCUT2D eigenvalue weighted by atomic mass is 9.71. The third kappa shape index (κ3) is 5.08. The largest absolute Gasteiger partial charge is 0.374 e. The van der Waals surface area contributed by atoms with E-state index in [1.54, 1.807) is 28.7 Å². The fourth-order valence-electron chi connectivity index (χ4n) is 6.78. The zero-order chi connectivity index (χ0) is 30.3. The molecule has 11 nitrogen and oxygen atoms in total. The quantitative estimate of drug-likeness (QED) is 0.301. The van der Waals surface area contributed by atoms with Crippen molar-refractivity contribution in [1.82, 2.24) is 29.2 Å². The Morgan fingerprint density at radius 3 is 2.41 bits per heavy atom. The van der Waals surface area contributed by atoms with E-state index in [4.69, 9.17) is 19.4 Å². The van der Waals surface area contributed by atoms with Crippen LogP contribution in [-0.4, -0.2) is 82.8 Å². The molecule has 6 heterocycles. The Balaban J connectivity index is 1.13. The van der Waals surface area contributed by atoms with E-state index in [2.05, 4.69) is 58.0 Å². The van der Waals surface area contributed by atoms with Gasteiger partial charge in [-0.05, 0) is 87.6 Å². The van der Waals surface area contributed by atoms with Crippen LogP contribution in [0.25, 0.3) is 16.9 Å². The van der Waals surface area contributed by atoms with E-state index in [1.807, 2.05) is 18.2 Å². The minimum atomic E-state index is -0.598. The fourth-order valence-corrected chi connectivity index (χ4v) is 6.78. The highest BCUT2D eigenvalue weighted by atomic mass is 16.6. The molecular weight excluding hydrogens is 556 g/mol. The van der Waals surface area contributed by atoms with Crippen molar-refractivity contribution in [3.05, 3.63) is 77.4 Å². The Hall–Kier alpha value is -4.06. The lowest BCUT2D eigenvalue weighted by Crippen LogP contribution is -2.49. The molecular formula is C33H40N8O3. The topological polar surface area (TPSA) is 103 Å². The molecule has 0 atom stereocenters. The predicted octanol–water partition coefficient (Wildman–Crippen LogP) is 4.09. The van der Waals surface area contributed by atoms with Crippen molar-refractivity contribution in [3.63, 3.8) is 0 Å². The van der Waals surface area contributed by atoms with E-state index in [1.165, 1.54) is 44.5 Å². The van der Waals surface area contributed by atoms with Crippen molar-refractivity contribution in [2.45, 2.75) is 37.8 Å². The van der Waals surface area contributed by atoms with Crippen molar-refractivity contribution in [3.8, 4) is 5.82 Å². The lowest BCUT2D eigenvalue weighted by Gasteiger charge is -2.46. The van der Waals surface area contributed by atoms with Gasteiger partial charge in [-0.15, -0.1) is 6.58 Å². The number of hydrogen-bond acceptors (Lipinski definition) is 9. The third-order valence-corrected chi connectivity index (χ3v) is 9.82. The number of fused-ring (bicyclic) bond motifs is 1. The van der Waals surface area contributed by atoms with Gasteiger partial charge in [0.15, 0.2) is 17.1 Å². The Bertz CT molecular complexity index is 1700. The van der Waals surface area contributed by atoms with Crippen molar-refractivity contribution >= 4 is 28.4 Å². The maximum absolute atomic E-state index is 13.4. The number of likely N-dealkylation sites (tertiary alicyclic amines) is 1.